The van der Waals surface area contributed by atoms with Gasteiger partial charge in [0.25, 0.3) is 0 Å². The van der Waals surface area contributed by atoms with E-state index < -0.39 is 36.3 Å². The maximum Gasteiger partial charge on any atom is 0.331 e. The van der Waals surface area contributed by atoms with E-state index in [2.05, 4.69) is 13.8 Å². The molecular formula is C29H44O8. The Morgan fingerprint density at radius 3 is 2.46 bits per heavy atom. The lowest BCUT2D eigenvalue weighted by atomic mass is 9.43. The van der Waals surface area contributed by atoms with E-state index in [0.29, 0.717) is 18.4 Å². The fourth-order valence-electron chi connectivity index (χ4n) is 9.81. The van der Waals surface area contributed by atoms with Gasteiger partial charge in [0.2, 0.25) is 0 Å². The van der Waals surface area contributed by atoms with Crippen molar-refractivity contribution >= 4 is 5.97 Å². The van der Waals surface area contributed by atoms with Gasteiger partial charge in [0.05, 0.1) is 17.8 Å². The second kappa shape index (κ2) is 9.00. The van der Waals surface area contributed by atoms with Crippen molar-refractivity contribution in [2.75, 3.05) is 6.61 Å². The number of carbonyl (C=O) groups is 1. The van der Waals surface area contributed by atoms with Crippen LogP contribution in [0.2, 0.25) is 0 Å². The molecule has 6 rings (SSSR count). The van der Waals surface area contributed by atoms with Crippen LogP contribution in [0.25, 0.3) is 0 Å². The van der Waals surface area contributed by atoms with Gasteiger partial charge in [0.1, 0.15) is 24.9 Å². The van der Waals surface area contributed by atoms with Crippen molar-refractivity contribution in [3.8, 4) is 0 Å². The number of hydrogen-bond acceptors (Lipinski definition) is 8. The standard InChI is InChI=1S/C29H44O8/c1-15-23(31)24(32)25(33)26(36-15)37-18-6-9-27(2)17(13-18)4-5-21-20(27)7-10-28(3)19(8-11-29(21,28)34)16-12-22(30)35-14-16/h12,15,17-21,23-26,31-34H,4-11,13-14H2,1-3H3/t15-,17+,18+,19-,20+,21-,23+,24+,25-,26+,27+,28-,29+/m1/s1. The molecule has 4 N–H and O–H groups in total. The predicted octanol–water partition coefficient (Wildman–Crippen LogP) is 2.46. The van der Waals surface area contributed by atoms with Crippen molar-refractivity contribution in [1.82, 2.24) is 0 Å². The zero-order valence-corrected chi connectivity index (χ0v) is 22.3. The van der Waals surface area contributed by atoms with E-state index in [9.17, 15) is 25.2 Å². The number of rotatable bonds is 3. The van der Waals surface area contributed by atoms with Crippen LogP contribution in [0.4, 0.5) is 0 Å². The zero-order chi connectivity index (χ0) is 26.3. The van der Waals surface area contributed by atoms with Gasteiger partial charge < -0.3 is 34.6 Å². The van der Waals surface area contributed by atoms with Crippen LogP contribution >= 0.6 is 0 Å². The first kappa shape index (κ1) is 26.2. The molecule has 0 aromatic carbocycles. The number of fused-ring (bicyclic) bond motifs is 5. The molecule has 0 aromatic rings. The molecule has 0 unspecified atom stereocenters. The molecule has 1 saturated heterocycles. The van der Waals surface area contributed by atoms with E-state index in [1.165, 1.54) is 0 Å². The molecule has 13 atom stereocenters. The average Bonchev–Trinajstić information content (AvgIpc) is 3.41. The summed E-state index contributed by atoms with van der Waals surface area (Å²) in [5.74, 6) is 1.14. The highest BCUT2D eigenvalue weighted by Gasteiger charge is 2.67. The Bertz CT molecular complexity index is 952. The van der Waals surface area contributed by atoms with Gasteiger partial charge in [0.15, 0.2) is 6.29 Å². The second-order valence-electron chi connectivity index (χ2n) is 13.5. The second-order valence-corrected chi connectivity index (χ2v) is 13.5. The molecule has 4 saturated carbocycles. The summed E-state index contributed by atoms with van der Waals surface area (Å²) in [4.78, 5) is 11.8. The van der Waals surface area contributed by atoms with Crippen LogP contribution in [0.15, 0.2) is 11.6 Å². The number of ether oxygens (including phenoxy) is 3. The Kier molecular flexibility index (Phi) is 6.37. The highest BCUT2D eigenvalue weighted by molar-refractivity contribution is 5.85. The van der Waals surface area contributed by atoms with E-state index >= 15 is 0 Å². The Hall–Kier alpha value is -1.03. The fourth-order valence-corrected chi connectivity index (χ4v) is 9.81. The molecule has 2 aliphatic heterocycles. The smallest absolute Gasteiger partial charge is 0.331 e. The fraction of sp³-hybridized carbons (Fsp3) is 0.897. The molecule has 0 radical (unpaired) electrons. The summed E-state index contributed by atoms with van der Waals surface area (Å²) in [5, 5.41) is 43.0. The minimum atomic E-state index is -1.28. The first-order chi connectivity index (χ1) is 17.5. The Morgan fingerprint density at radius 1 is 0.946 bits per heavy atom. The molecular weight excluding hydrogens is 476 g/mol. The van der Waals surface area contributed by atoms with Crippen molar-refractivity contribution < 1.29 is 39.4 Å². The Morgan fingerprint density at radius 2 is 1.73 bits per heavy atom. The molecule has 37 heavy (non-hydrogen) atoms. The monoisotopic (exact) mass is 520 g/mol. The molecule has 4 aliphatic carbocycles. The van der Waals surface area contributed by atoms with Crippen molar-refractivity contribution in [1.29, 1.82) is 0 Å². The van der Waals surface area contributed by atoms with Crippen LogP contribution < -0.4 is 0 Å². The minimum Gasteiger partial charge on any atom is -0.458 e. The van der Waals surface area contributed by atoms with Gasteiger partial charge in [-0.1, -0.05) is 13.8 Å². The van der Waals surface area contributed by atoms with Crippen molar-refractivity contribution in [2.45, 2.75) is 121 Å². The molecule has 0 amide bonds. The van der Waals surface area contributed by atoms with Gasteiger partial charge in [-0.15, -0.1) is 0 Å². The number of esters is 1. The lowest BCUT2D eigenvalue weighted by molar-refractivity contribution is -0.310. The van der Waals surface area contributed by atoms with E-state index in [-0.39, 0.29) is 34.7 Å². The first-order valence-corrected chi connectivity index (χ1v) is 14.4. The average molecular weight is 521 g/mol. The topological polar surface area (TPSA) is 126 Å². The van der Waals surface area contributed by atoms with Gasteiger partial charge >= 0.3 is 5.97 Å². The SMILES string of the molecule is C[C@H]1O[C@@H](O[C@H]2CC[C@@]3(C)[C@@H](CC[C@@H]4[C@@H]3CC[C@]3(C)[C@@H](C5=CC(=O)OC5)CC[C@]43O)C2)[C@H](O)[C@@H](O)[C@H]1O. The van der Waals surface area contributed by atoms with Crippen LogP contribution in [0.5, 0.6) is 0 Å². The van der Waals surface area contributed by atoms with Crippen LogP contribution in [0.1, 0.15) is 78.6 Å². The summed E-state index contributed by atoms with van der Waals surface area (Å²) >= 11 is 0. The number of aliphatic hydroxyl groups excluding tert-OH is 3. The van der Waals surface area contributed by atoms with Gasteiger partial charge in [-0.3, -0.25) is 0 Å². The molecule has 2 heterocycles. The van der Waals surface area contributed by atoms with Crippen molar-refractivity contribution in [3.63, 3.8) is 0 Å². The number of hydrogen-bond donors (Lipinski definition) is 4. The van der Waals surface area contributed by atoms with Crippen LogP contribution in [-0.2, 0) is 19.0 Å². The van der Waals surface area contributed by atoms with Gasteiger partial charge in [-0.05, 0) is 99.4 Å². The number of cyclic esters (lactones) is 1. The largest absolute Gasteiger partial charge is 0.458 e. The van der Waals surface area contributed by atoms with Gasteiger partial charge in [-0.2, -0.15) is 0 Å². The molecule has 0 aromatic heterocycles. The summed E-state index contributed by atoms with van der Waals surface area (Å²) in [5.41, 5.74) is 0.243. The molecule has 208 valence electrons. The molecule has 0 bridgehead atoms. The lowest BCUT2D eigenvalue weighted by Crippen LogP contribution is -2.62. The van der Waals surface area contributed by atoms with Gasteiger partial charge in [-0.25, -0.2) is 4.79 Å². The van der Waals surface area contributed by atoms with Crippen molar-refractivity contribution in [2.24, 2.45) is 34.5 Å². The summed E-state index contributed by atoms with van der Waals surface area (Å²) in [6.07, 6.45) is 4.88. The molecule has 5 fully saturated rings. The summed E-state index contributed by atoms with van der Waals surface area (Å²) in [6, 6.07) is 0. The third-order valence-corrected chi connectivity index (χ3v) is 12.1. The first-order valence-electron chi connectivity index (χ1n) is 14.4. The molecule has 8 heteroatoms. The quantitative estimate of drug-likeness (QED) is 0.330. The van der Waals surface area contributed by atoms with Gasteiger partial charge in [0, 0.05) is 11.5 Å². The van der Waals surface area contributed by atoms with Crippen LogP contribution in [-0.4, -0.2) is 75.4 Å². The van der Waals surface area contributed by atoms with E-state index in [4.69, 9.17) is 14.2 Å². The zero-order valence-electron chi connectivity index (χ0n) is 22.3. The predicted molar refractivity (Wildman–Crippen MR) is 133 cm³/mol. The summed E-state index contributed by atoms with van der Waals surface area (Å²) in [6.45, 7) is 6.73. The Balaban J connectivity index is 1.16. The summed E-state index contributed by atoms with van der Waals surface area (Å²) < 4.78 is 17.2. The maximum absolute atomic E-state index is 12.4. The third-order valence-electron chi connectivity index (χ3n) is 12.1. The maximum atomic E-state index is 12.4. The molecule has 0 spiro atoms. The van der Waals surface area contributed by atoms with Crippen LogP contribution in [0.3, 0.4) is 0 Å². The van der Waals surface area contributed by atoms with E-state index in [0.717, 1.165) is 63.4 Å². The lowest BCUT2D eigenvalue weighted by Gasteiger charge is -2.64. The highest BCUT2D eigenvalue weighted by Crippen LogP contribution is 2.70. The van der Waals surface area contributed by atoms with Crippen LogP contribution in [0, 0.1) is 34.5 Å². The summed E-state index contributed by atoms with van der Waals surface area (Å²) in [7, 11) is 0. The van der Waals surface area contributed by atoms with E-state index in [1.807, 2.05) is 0 Å². The molecule has 8 nitrogen and oxygen atoms in total. The normalized spacial score (nSPS) is 55.6. The van der Waals surface area contributed by atoms with E-state index in [1.54, 1.807) is 13.0 Å². The van der Waals surface area contributed by atoms with Crippen molar-refractivity contribution in [3.05, 3.63) is 11.6 Å². The minimum absolute atomic E-state index is 0.0661. The third kappa shape index (κ3) is 3.80. The molecule has 6 aliphatic rings. The number of aliphatic hydroxyl groups is 4. The highest BCUT2D eigenvalue weighted by atomic mass is 16.7. The number of carbonyl (C=O) groups excluding carboxylic acids is 1. The Labute approximate surface area is 219 Å².